The van der Waals surface area contributed by atoms with Gasteiger partial charge in [-0.05, 0) is 44.7 Å². The van der Waals surface area contributed by atoms with E-state index < -0.39 is 0 Å². The summed E-state index contributed by atoms with van der Waals surface area (Å²) in [6.45, 7) is 5.80. The van der Waals surface area contributed by atoms with Crippen LogP contribution in [-0.4, -0.2) is 12.1 Å². The van der Waals surface area contributed by atoms with Crippen LogP contribution in [0.15, 0.2) is 30.3 Å². The Morgan fingerprint density at radius 3 is 2.47 bits per heavy atom. The highest BCUT2D eigenvalue weighted by Gasteiger charge is 2.33. The van der Waals surface area contributed by atoms with E-state index in [4.69, 9.17) is 0 Å². The molecule has 1 atom stereocenters. The third kappa shape index (κ3) is 2.96. The van der Waals surface area contributed by atoms with Gasteiger partial charge in [-0.2, -0.15) is 0 Å². The van der Waals surface area contributed by atoms with Gasteiger partial charge in [0.1, 0.15) is 0 Å². The van der Waals surface area contributed by atoms with Crippen LogP contribution in [0.4, 0.5) is 0 Å². The number of halogens is 1. The lowest BCUT2D eigenvalue weighted by Crippen LogP contribution is -2.38. The van der Waals surface area contributed by atoms with E-state index in [2.05, 4.69) is 49.5 Å². The number of rotatable bonds is 2. The molecule has 0 bridgehead atoms. The average molecular weight is 226 g/mol. The second-order valence-electron chi connectivity index (χ2n) is 4.82. The van der Waals surface area contributed by atoms with Crippen LogP contribution >= 0.6 is 12.4 Å². The van der Waals surface area contributed by atoms with Crippen molar-refractivity contribution in [2.24, 2.45) is 5.92 Å². The zero-order valence-electron chi connectivity index (χ0n) is 9.49. The van der Waals surface area contributed by atoms with Gasteiger partial charge in [0.25, 0.3) is 0 Å². The van der Waals surface area contributed by atoms with Crippen molar-refractivity contribution in [3.8, 4) is 0 Å². The van der Waals surface area contributed by atoms with Gasteiger partial charge in [-0.1, -0.05) is 30.3 Å². The van der Waals surface area contributed by atoms with E-state index in [9.17, 15) is 0 Å². The monoisotopic (exact) mass is 225 g/mol. The molecule has 2 rings (SSSR count). The zero-order valence-corrected chi connectivity index (χ0v) is 10.3. The highest BCUT2D eigenvalue weighted by molar-refractivity contribution is 5.85. The van der Waals surface area contributed by atoms with Crippen molar-refractivity contribution in [2.45, 2.75) is 32.2 Å². The van der Waals surface area contributed by atoms with Crippen molar-refractivity contribution in [3.05, 3.63) is 35.9 Å². The summed E-state index contributed by atoms with van der Waals surface area (Å²) < 4.78 is 0. The summed E-state index contributed by atoms with van der Waals surface area (Å²) in [7, 11) is 0. The standard InChI is InChI=1S/C13H19N.ClH/c1-13(2)12(8-9-14-13)10-11-6-4-3-5-7-11;/h3-7,12,14H,8-10H2,1-2H3;1H. The number of hydrogen-bond acceptors (Lipinski definition) is 1. The van der Waals surface area contributed by atoms with Gasteiger partial charge in [0.05, 0.1) is 0 Å². The lowest BCUT2D eigenvalue weighted by molar-refractivity contribution is 0.332. The molecule has 1 aromatic carbocycles. The average Bonchev–Trinajstić information content (AvgIpc) is 2.48. The Morgan fingerprint density at radius 1 is 1.27 bits per heavy atom. The van der Waals surface area contributed by atoms with Crippen LogP contribution in [0.3, 0.4) is 0 Å². The van der Waals surface area contributed by atoms with Crippen LogP contribution in [0, 0.1) is 5.92 Å². The van der Waals surface area contributed by atoms with E-state index >= 15 is 0 Å². The molecule has 1 aliphatic heterocycles. The molecule has 2 heteroatoms. The van der Waals surface area contributed by atoms with Gasteiger partial charge in [0.2, 0.25) is 0 Å². The molecule has 15 heavy (non-hydrogen) atoms. The molecule has 0 saturated carbocycles. The summed E-state index contributed by atoms with van der Waals surface area (Å²) >= 11 is 0. The summed E-state index contributed by atoms with van der Waals surface area (Å²) in [5, 5.41) is 3.57. The second kappa shape index (κ2) is 5.00. The van der Waals surface area contributed by atoms with Crippen LogP contribution in [0.1, 0.15) is 25.8 Å². The highest BCUT2D eigenvalue weighted by Crippen LogP contribution is 2.28. The van der Waals surface area contributed by atoms with Gasteiger partial charge in [-0.15, -0.1) is 12.4 Å². The lowest BCUT2D eigenvalue weighted by Gasteiger charge is -2.27. The predicted molar refractivity (Wildman–Crippen MR) is 67.6 cm³/mol. The molecule has 1 fully saturated rings. The molecule has 0 aliphatic carbocycles. The Labute approximate surface area is 98.7 Å². The van der Waals surface area contributed by atoms with Crippen molar-refractivity contribution < 1.29 is 0 Å². The van der Waals surface area contributed by atoms with Gasteiger partial charge in [0, 0.05) is 5.54 Å². The third-order valence-electron chi connectivity index (χ3n) is 3.42. The van der Waals surface area contributed by atoms with Gasteiger partial charge in [0.15, 0.2) is 0 Å². The molecule has 1 nitrogen and oxygen atoms in total. The molecule has 1 N–H and O–H groups in total. The Bertz CT molecular complexity index is 295. The first kappa shape index (κ1) is 12.5. The van der Waals surface area contributed by atoms with Crippen molar-refractivity contribution >= 4 is 12.4 Å². The van der Waals surface area contributed by atoms with Crippen molar-refractivity contribution in [3.63, 3.8) is 0 Å². The topological polar surface area (TPSA) is 12.0 Å². The van der Waals surface area contributed by atoms with Crippen LogP contribution in [0.2, 0.25) is 0 Å². The van der Waals surface area contributed by atoms with Crippen LogP contribution < -0.4 is 5.32 Å². The minimum atomic E-state index is 0. The van der Waals surface area contributed by atoms with Crippen molar-refractivity contribution in [1.82, 2.24) is 5.32 Å². The molecule has 0 aromatic heterocycles. The largest absolute Gasteiger partial charge is 0.311 e. The van der Waals surface area contributed by atoms with Crippen molar-refractivity contribution in [2.75, 3.05) is 6.54 Å². The Balaban J connectivity index is 0.00000112. The van der Waals surface area contributed by atoms with Crippen LogP contribution in [0.25, 0.3) is 0 Å². The first-order valence-corrected chi connectivity index (χ1v) is 5.47. The minimum absolute atomic E-state index is 0. The second-order valence-corrected chi connectivity index (χ2v) is 4.82. The Hall–Kier alpha value is -0.530. The van der Waals surface area contributed by atoms with Crippen LogP contribution in [0.5, 0.6) is 0 Å². The summed E-state index contributed by atoms with van der Waals surface area (Å²) in [4.78, 5) is 0. The summed E-state index contributed by atoms with van der Waals surface area (Å²) in [5.41, 5.74) is 1.78. The number of hydrogen-bond donors (Lipinski definition) is 1. The third-order valence-corrected chi connectivity index (χ3v) is 3.42. The molecule has 1 saturated heterocycles. The van der Waals surface area contributed by atoms with Gasteiger partial charge in [-0.3, -0.25) is 0 Å². The quantitative estimate of drug-likeness (QED) is 0.816. The lowest BCUT2D eigenvalue weighted by atomic mass is 9.84. The van der Waals surface area contributed by atoms with E-state index in [0.717, 1.165) is 5.92 Å². The van der Waals surface area contributed by atoms with E-state index in [-0.39, 0.29) is 12.4 Å². The molecule has 1 heterocycles. The fraction of sp³-hybridized carbons (Fsp3) is 0.538. The zero-order chi connectivity index (χ0) is 10.0. The SMILES string of the molecule is CC1(C)NCCC1Cc1ccccc1.Cl. The fourth-order valence-electron chi connectivity index (χ4n) is 2.33. The molecule has 0 amide bonds. The number of nitrogens with one attached hydrogen (secondary N) is 1. The first-order chi connectivity index (χ1) is 6.68. The summed E-state index contributed by atoms with van der Waals surface area (Å²) in [6, 6.07) is 10.8. The van der Waals surface area contributed by atoms with E-state index in [0.29, 0.717) is 5.54 Å². The molecule has 1 unspecified atom stereocenters. The smallest absolute Gasteiger partial charge is 0.0156 e. The minimum Gasteiger partial charge on any atom is -0.311 e. The first-order valence-electron chi connectivity index (χ1n) is 5.47. The Morgan fingerprint density at radius 2 is 1.93 bits per heavy atom. The maximum Gasteiger partial charge on any atom is 0.0156 e. The maximum absolute atomic E-state index is 3.57. The van der Waals surface area contributed by atoms with Crippen molar-refractivity contribution in [1.29, 1.82) is 0 Å². The molecule has 0 spiro atoms. The summed E-state index contributed by atoms with van der Waals surface area (Å²) in [5.74, 6) is 0.782. The predicted octanol–water partition coefficient (Wildman–Crippen LogP) is 3.04. The van der Waals surface area contributed by atoms with Gasteiger partial charge < -0.3 is 5.32 Å². The Kier molecular flexibility index (Phi) is 4.18. The molecular formula is C13H20ClN. The van der Waals surface area contributed by atoms with E-state index in [1.807, 2.05) is 0 Å². The normalized spacial score (nSPS) is 23.5. The molecule has 0 radical (unpaired) electrons. The fourth-order valence-corrected chi connectivity index (χ4v) is 2.33. The van der Waals surface area contributed by atoms with Crippen LogP contribution in [-0.2, 0) is 6.42 Å². The molecular weight excluding hydrogens is 206 g/mol. The summed E-state index contributed by atoms with van der Waals surface area (Å²) in [6.07, 6.45) is 2.52. The highest BCUT2D eigenvalue weighted by atomic mass is 35.5. The molecule has 1 aliphatic rings. The number of benzene rings is 1. The maximum atomic E-state index is 3.57. The molecule has 84 valence electrons. The van der Waals surface area contributed by atoms with Gasteiger partial charge in [-0.25, -0.2) is 0 Å². The molecule has 1 aromatic rings. The van der Waals surface area contributed by atoms with E-state index in [1.165, 1.54) is 24.9 Å². The van der Waals surface area contributed by atoms with E-state index in [1.54, 1.807) is 0 Å². The van der Waals surface area contributed by atoms with Gasteiger partial charge >= 0.3 is 0 Å².